The minimum absolute atomic E-state index is 0.0741. The highest BCUT2D eigenvalue weighted by Gasteiger charge is 2.43. The van der Waals surface area contributed by atoms with Crippen molar-refractivity contribution < 1.29 is 23.9 Å². The van der Waals surface area contributed by atoms with E-state index in [1.807, 2.05) is 13.8 Å². The van der Waals surface area contributed by atoms with E-state index in [4.69, 9.17) is 9.47 Å². The highest BCUT2D eigenvalue weighted by atomic mass is 16.6. The molecule has 0 aromatic rings. The second kappa shape index (κ2) is 21.4. The molecule has 1 rings (SSSR count). The van der Waals surface area contributed by atoms with Gasteiger partial charge >= 0.3 is 11.9 Å². The van der Waals surface area contributed by atoms with Gasteiger partial charge in [-0.25, -0.2) is 4.79 Å². The van der Waals surface area contributed by atoms with Crippen LogP contribution in [0.25, 0.3) is 0 Å². The molecular formula is C31H57NO5. The number of hydrogen-bond acceptors (Lipinski definition) is 5. The smallest absolute Gasteiger partial charge is 0.328 e. The largest absolute Gasteiger partial charge is 0.461 e. The Morgan fingerprint density at radius 2 is 1.43 bits per heavy atom. The number of unbranched alkanes of at least 4 members (excludes halogenated alkanes) is 13. The monoisotopic (exact) mass is 523 g/mol. The predicted molar refractivity (Wildman–Crippen MR) is 150 cm³/mol. The Bertz CT molecular complexity index is 608. The Kier molecular flexibility index (Phi) is 19.3. The van der Waals surface area contributed by atoms with Gasteiger partial charge in [0, 0.05) is 6.42 Å². The summed E-state index contributed by atoms with van der Waals surface area (Å²) >= 11 is 0. The highest BCUT2D eigenvalue weighted by Crippen LogP contribution is 2.32. The van der Waals surface area contributed by atoms with Crippen molar-refractivity contribution in [2.45, 2.75) is 168 Å². The summed E-state index contributed by atoms with van der Waals surface area (Å²) in [5.74, 6) is -0.300. The Hall–Kier alpha value is -1.59. The molecule has 0 saturated carbocycles. The fourth-order valence-electron chi connectivity index (χ4n) is 5.26. The average Bonchev–Trinajstić information content (AvgIpc) is 2.86. The summed E-state index contributed by atoms with van der Waals surface area (Å²) in [6, 6.07) is -0.633. The van der Waals surface area contributed by atoms with Gasteiger partial charge < -0.3 is 14.8 Å². The third-order valence-corrected chi connectivity index (χ3v) is 7.56. The summed E-state index contributed by atoms with van der Waals surface area (Å²) in [5, 5.41) is 2.63. The lowest BCUT2D eigenvalue weighted by atomic mass is 9.86. The molecule has 4 atom stereocenters. The van der Waals surface area contributed by atoms with Gasteiger partial charge in [0.2, 0.25) is 6.41 Å². The van der Waals surface area contributed by atoms with Gasteiger partial charge in [0.1, 0.15) is 18.2 Å². The van der Waals surface area contributed by atoms with E-state index in [0.29, 0.717) is 19.3 Å². The molecule has 6 heteroatoms. The van der Waals surface area contributed by atoms with Crippen LogP contribution in [0.5, 0.6) is 0 Å². The third kappa shape index (κ3) is 15.4. The summed E-state index contributed by atoms with van der Waals surface area (Å²) in [6.07, 6.45) is 21.3. The molecule has 0 aliphatic carbocycles. The number of carbonyl (C=O) groups is 3. The quantitative estimate of drug-likeness (QED) is 0.0754. The predicted octanol–water partition coefficient (Wildman–Crippen LogP) is 7.66. The van der Waals surface area contributed by atoms with E-state index in [1.165, 1.54) is 70.6 Å². The Morgan fingerprint density at radius 1 is 0.892 bits per heavy atom. The number of ether oxygens (including phenoxy) is 2. The number of esters is 2. The zero-order valence-electron chi connectivity index (χ0n) is 24.4. The van der Waals surface area contributed by atoms with Gasteiger partial charge in [0.25, 0.3) is 0 Å². The van der Waals surface area contributed by atoms with Crippen molar-refractivity contribution in [2.24, 2.45) is 11.8 Å². The van der Waals surface area contributed by atoms with Gasteiger partial charge in [-0.05, 0) is 31.6 Å². The molecule has 0 aromatic carbocycles. The zero-order valence-corrected chi connectivity index (χ0v) is 24.4. The average molecular weight is 524 g/mol. The van der Waals surface area contributed by atoms with E-state index in [-0.39, 0.29) is 36.0 Å². The molecule has 1 aliphatic heterocycles. The molecule has 0 aromatic heterocycles. The first kappa shape index (κ1) is 33.4. The van der Waals surface area contributed by atoms with Crippen LogP contribution in [0.3, 0.4) is 0 Å². The van der Waals surface area contributed by atoms with Crippen molar-refractivity contribution >= 4 is 18.3 Å². The van der Waals surface area contributed by atoms with Crippen LogP contribution in [0.1, 0.15) is 150 Å². The lowest BCUT2D eigenvalue weighted by Gasteiger charge is -2.37. The number of nitrogens with one attached hydrogen (secondary N) is 1. The van der Waals surface area contributed by atoms with Gasteiger partial charge in [-0.3, -0.25) is 9.59 Å². The van der Waals surface area contributed by atoms with Crippen molar-refractivity contribution in [1.29, 1.82) is 0 Å². The number of carbonyl (C=O) groups excluding carboxylic acids is 3. The maximum absolute atomic E-state index is 12.9. The van der Waals surface area contributed by atoms with E-state index >= 15 is 0 Å². The molecule has 6 nitrogen and oxygen atoms in total. The van der Waals surface area contributed by atoms with Gasteiger partial charge in [-0.2, -0.15) is 0 Å². The van der Waals surface area contributed by atoms with Crippen LogP contribution >= 0.6 is 0 Å². The Morgan fingerprint density at radius 3 is 1.95 bits per heavy atom. The number of cyclic esters (lactones) is 1. The van der Waals surface area contributed by atoms with Crippen LogP contribution in [0, 0.1) is 11.8 Å². The molecular weight excluding hydrogens is 466 g/mol. The second-order valence-electron chi connectivity index (χ2n) is 11.5. The van der Waals surface area contributed by atoms with Crippen molar-refractivity contribution in [2.75, 3.05) is 0 Å². The first-order chi connectivity index (χ1) is 17.9. The second-order valence-corrected chi connectivity index (χ2v) is 11.5. The highest BCUT2D eigenvalue weighted by molar-refractivity contribution is 5.79. The molecule has 0 bridgehead atoms. The minimum atomic E-state index is -0.633. The van der Waals surface area contributed by atoms with Crippen molar-refractivity contribution in [3.05, 3.63) is 0 Å². The van der Waals surface area contributed by atoms with Crippen LogP contribution in [0.15, 0.2) is 0 Å². The van der Waals surface area contributed by atoms with Crippen LogP contribution in [-0.4, -0.2) is 36.6 Å². The van der Waals surface area contributed by atoms with E-state index in [1.54, 1.807) is 0 Å². The van der Waals surface area contributed by atoms with Gasteiger partial charge in [0.05, 0.1) is 5.92 Å². The molecule has 1 amide bonds. The fourth-order valence-corrected chi connectivity index (χ4v) is 5.26. The summed E-state index contributed by atoms with van der Waals surface area (Å²) in [4.78, 5) is 36.1. The topological polar surface area (TPSA) is 81.7 Å². The van der Waals surface area contributed by atoms with Gasteiger partial charge in [0.15, 0.2) is 0 Å². The molecule has 1 heterocycles. The van der Waals surface area contributed by atoms with Crippen molar-refractivity contribution in [3.63, 3.8) is 0 Å². The molecule has 1 aliphatic rings. The minimum Gasteiger partial charge on any atom is -0.461 e. The third-order valence-electron chi connectivity index (χ3n) is 7.56. The normalized spacial score (nSPS) is 18.7. The summed E-state index contributed by atoms with van der Waals surface area (Å²) in [6.45, 7) is 8.47. The van der Waals surface area contributed by atoms with E-state index in [9.17, 15) is 14.4 Å². The number of hydrogen-bond donors (Lipinski definition) is 1. The van der Waals surface area contributed by atoms with Crippen LogP contribution in [-0.2, 0) is 23.9 Å². The van der Waals surface area contributed by atoms with Gasteiger partial charge in [-0.1, -0.05) is 118 Å². The number of rotatable bonds is 25. The van der Waals surface area contributed by atoms with Crippen molar-refractivity contribution in [1.82, 2.24) is 5.32 Å². The summed E-state index contributed by atoms with van der Waals surface area (Å²) in [7, 11) is 0. The Balaban J connectivity index is 2.52. The molecule has 1 saturated heterocycles. The fraction of sp³-hybridized carbons (Fsp3) is 0.903. The standard InChI is InChI=1S/C31H57NO5/c1-5-7-9-11-12-13-14-15-16-17-18-20-26(36-31(35)28(32-24-33)22-25(3)4)23-29-27(30(34)37-29)21-19-10-8-6-2/h24-29H,5-23H2,1-4H3,(H,32,33)/t26-,27-,28-,29-/m0/s1. The summed E-state index contributed by atoms with van der Waals surface area (Å²) in [5.41, 5.74) is 0. The van der Waals surface area contributed by atoms with E-state index in [0.717, 1.165) is 38.5 Å². The van der Waals surface area contributed by atoms with Crippen LogP contribution in [0.4, 0.5) is 0 Å². The first-order valence-electron chi connectivity index (χ1n) is 15.5. The zero-order chi connectivity index (χ0) is 27.3. The molecule has 216 valence electrons. The maximum atomic E-state index is 12.9. The van der Waals surface area contributed by atoms with Gasteiger partial charge in [-0.15, -0.1) is 0 Å². The molecule has 0 unspecified atom stereocenters. The summed E-state index contributed by atoms with van der Waals surface area (Å²) < 4.78 is 11.4. The molecule has 1 N–H and O–H groups in total. The number of amides is 1. The lowest BCUT2D eigenvalue weighted by Crippen LogP contribution is -2.48. The van der Waals surface area contributed by atoms with E-state index in [2.05, 4.69) is 19.2 Å². The Labute approximate surface area is 227 Å². The van der Waals surface area contributed by atoms with Crippen LogP contribution < -0.4 is 5.32 Å². The first-order valence-corrected chi connectivity index (χ1v) is 15.5. The maximum Gasteiger partial charge on any atom is 0.328 e. The SMILES string of the molecule is CCCCCCCCCCCCC[C@@H](C[C@@H]1OC(=O)[C@H]1CCCCCC)OC(=O)[C@H](CC(C)C)NC=O. The molecule has 1 fully saturated rings. The van der Waals surface area contributed by atoms with Crippen molar-refractivity contribution in [3.8, 4) is 0 Å². The van der Waals surface area contributed by atoms with Crippen LogP contribution in [0.2, 0.25) is 0 Å². The molecule has 0 spiro atoms. The molecule has 37 heavy (non-hydrogen) atoms. The molecule has 0 radical (unpaired) electrons. The lowest BCUT2D eigenvalue weighted by molar-refractivity contribution is -0.190. The van der Waals surface area contributed by atoms with E-state index < -0.39 is 6.04 Å².